The van der Waals surface area contributed by atoms with Gasteiger partial charge in [0.1, 0.15) is 11.4 Å². The molecule has 0 radical (unpaired) electrons. The number of amides is 2. The fourth-order valence-electron chi connectivity index (χ4n) is 3.20. The van der Waals surface area contributed by atoms with Gasteiger partial charge in [0, 0.05) is 31.4 Å². The number of piperidine rings is 1. The van der Waals surface area contributed by atoms with Gasteiger partial charge in [0.05, 0.1) is 7.11 Å². The molecule has 6 nitrogen and oxygen atoms in total. The molecule has 1 saturated heterocycles. The monoisotopic (exact) mass is 367 g/mol. The summed E-state index contributed by atoms with van der Waals surface area (Å²) in [5.74, 6) is 0.502. The number of carbonyl (C=O) groups is 2. The molecule has 0 aliphatic carbocycles. The summed E-state index contributed by atoms with van der Waals surface area (Å²) in [7, 11) is 1.63. The fourth-order valence-corrected chi connectivity index (χ4v) is 3.20. The summed E-state index contributed by atoms with van der Waals surface area (Å²) in [4.78, 5) is 30.9. The van der Waals surface area contributed by atoms with E-state index in [0.29, 0.717) is 24.2 Å². The van der Waals surface area contributed by atoms with Crippen LogP contribution in [0.25, 0.3) is 0 Å². The first-order valence-corrected chi connectivity index (χ1v) is 9.34. The van der Waals surface area contributed by atoms with Crippen LogP contribution in [0.1, 0.15) is 45.7 Å². The number of methoxy groups -OCH3 is 1. The van der Waals surface area contributed by atoms with Crippen molar-refractivity contribution in [1.29, 1.82) is 0 Å². The van der Waals surface area contributed by atoms with Gasteiger partial charge >= 0.3 is 0 Å². The minimum atomic E-state index is -0.201. The number of hydrogen-bond acceptors (Lipinski definition) is 4. The number of aromatic nitrogens is 1. The second-order valence-corrected chi connectivity index (χ2v) is 6.64. The lowest BCUT2D eigenvalue weighted by Gasteiger charge is -2.26. The number of nitrogens with one attached hydrogen (secondary N) is 1. The van der Waals surface area contributed by atoms with E-state index in [1.807, 2.05) is 29.2 Å². The van der Waals surface area contributed by atoms with E-state index in [1.165, 1.54) is 6.20 Å². The molecule has 0 atom stereocenters. The largest absolute Gasteiger partial charge is 0.497 e. The number of nitrogens with zero attached hydrogens (tertiary/aromatic N) is 2. The summed E-state index contributed by atoms with van der Waals surface area (Å²) < 4.78 is 5.21. The van der Waals surface area contributed by atoms with Crippen LogP contribution >= 0.6 is 0 Å². The number of carbonyl (C=O) groups excluding carboxylic acids is 2. The molecule has 3 rings (SSSR count). The van der Waals surface area contributed by atoms with E-state index in [2.05, 4.69) is 10.3 Å². The zero-order valence-electron chi connectivity index (χ0n) is 15.6. The van der Waals surface area contributed by atoms with Crippen LogP contribution in [0.4, 0.5) is 0 Å². The summed E-state index contributed by atoms with van der Waals surface area (Å²) in [6.45, 7) is 2.03. The lowest BCUT2D eigenvalue weighted by Crippen LogP contribution is -2.36. The Labute approximate surface area is 159 Å². The minimum absolute atomic E-state index is 0.0965. The molecular formula is C21H25N3O3. The Hall–Kier alpha value is -2.89. The molecule has 2 heterocycles. The van der Waals surface area contributed by atoms with E-state index in [4.69, 9.17) is 4.74 Å². The Morgan fingerprint density at radius 1 is 1.15 bits per heavy atom. The molecule has 1 aromatic carbocycles. The van der Waals surface area contributed by atoms with Crippen molar-refractivity contribution < 1.29 is 14.3 Å². The highest BCUT2D eigenvalue weighted by Crippen LogP contribution is 2.14. The van der Waals surface area contributed by atoms with Crippen molar-refractivity contribution in [2.75, 3.05) is 26.7 Å². The second-order valence-electron chi connectivity index (χ2n) is 6.64. The highest BCUT2D eigenvalue weighted by atomic mass is 16.5. The van der Waals surface area contributed by atoms with Gasteiger partial charge in [-0.1, -0.05) is 12.1 Å². The third-order valence-electron chi connectivity index (χ3n) is 4.72. The van der Waals surface area contributed by atoms with Crippen LogP contribution in [-0.2, 0) is 6.42 Å². The van der Waals surface area contributed by atoms with Crippen LogP contribution in [0.2, 0.25) is 0 Å². The van der Waals surface area contributed by atoms with Crippen molar-refractivity contribution in [1.82, 2.24) is 15.2 Å². The molecular weight excluding hydrogens is 342 g/mol. The highest BCUT2D eigenvalue weighted by molar-refractivity contribution is 5.98. The smallest absolute Gasteiger partial charge is 0.272 e. The van der Waals surface area contributed by atoms with Crippen LogP contribution in [0.5, 0.6) is 5.75 Å². The standard InChI is InChI=1S/C21H25N3O3/c1-27-18-7-5-6-16(14-18)8-10-23-20(25)17-9-11-22-19(15-17)21(26)24-12-3-2-4-13-24/h5-7,9,11,14-15H,2-4,8,10,12-13H2,1H3,(H,23,25). The Morgan fingerprint density at radius 3 is 2.74 bits per heavy atom. The van der Waals surface area contributed by atoms with Crippen molar-refractivity contribution in [2.45, 2.75) is 25.7 Å². The maximum Gasteiger partial charge on any atom is 0.272 e. The SMILES string of the molecule is COc1cccc(CCNC(=O)c2ccnc(C(=O)N3CCCCC3)c2)c1. The molecule has 1 aliphatic rings. The van der Waals surface area contributed by atoms with E-state index in [1.54, 1.807) is 19.2 Å². The van der Waals surface area contributed by atoms with Gasteiger partial charge in [-0.15, -0.1) is 0 Å². The van der Waals surface area contributed by atoms with Gasteiger partial charge < -0.3 is 15.0 Å². The molecule has 1 aliphatic heterocycles. The number of ether oxygens (including phenoxy) is 1. The molecule has 0 bridgehead atoms. The first kappa shape index (κ1) is 18.9. The normalized spacial score (nSPS) is 13.9. The van der Waals surface area contributed by atoms with Crippen molar-refractivity contribution in [3.8, 4) is 5.75 Å². The minimum Gasteiger partial charge on any atom is -0.497 e. The van der Waals surface area contributed by atoms with Crippen LogP contribution in [0.15, 0.2) is 42.6 Å². The first-order chi connectivity index (χ1) is 13.2. The third-order valence-corrected chi connectivity index (χ3v) is 4.72. The molecule has 27 heavy (non-hydrogen) atoms. The zero-order valence-corrected chi connectivity index (χ0v) is 15.6. The van der Waals surface area contributed by atoms with Crippen LogP contribution in [-0.4, -0.2) is 48.4 Å². The number of benzene rings is 1. The zero-order chi connectivity index (χ0) is 19.1. The number of likely N-dealkylation sites (tertiary alicyclic amines) is 1. The molecule has 142 valence electrons. The van der Waals surface area contributed by atoms with Gasteiger partial charge in [-0.3, -0.25) is 14.6 Å². The van der Waals surface area contributed by atoms with E-state index in [9.17, 15) is 9.59 Å². The van der Waals surface area contributed by atoms with Crippen LogP contribution in [0.3, 0.4) is 0 Å². The van der Waals surface area contributed by atoms with Gasteiger partial charge in [-0.05, 0) is 55.5 Å². The van der Waals surface area contributed by atoms with Crippen LogP contribution < -0.4 is 10.1 Å². The quantitative estimate of drug-likeness (QED) is 0.852. The van der Waals surface area contributed by atoms with Crippen molar-refractivity contribution in [3.63, 3.8) is 0 Å². The lowest BCUT2D eigenvalue weighted by atomic mass is 10.1. The lowest BCUT2D eigenvalue weighted by molar-refractivity contribution is 0.0718. The predicted molar refractivity (Wildman–Crippen MR) is 103 cm³/mol. The van der Waals surface area contributed by atoms with Crippen molar-refractivity contribution in [2.24, 2.45) is 0 Å². The molecule has 1 aromatic heterocycles. The van der Waals surface area contributed by atoms with Gasteiger partial charge in [-0.2, -0.15) is 0 Å². The number of rotatable bonds is 6. The van der Waals surface area contributed by atoms with E-state index in [-0.39, 0.29) is 11.8 Å². The Kier molecular flexibility index (Phi) is 6.41. The summed E-state index contributed by atoms with van der Waals surface area (Å²) in [5, 5.41) is 2.90. The summed E-state index contributed by atoms with van der Waals surface area (Å²) >= 11 is 0. The van der Waals surface area contributed by atoms with Gasteiger partial charge in [-0.25, -0.2) is 0 Å². The molecule has 6 heteroatoms. The second kappa shape index (κ2) is 9.16. The predicted octanol–water partition coefficient (Wildman–Crippen LogP) is 2.69. The first-order valence-electron chi connectivity index (χ1n) is 9.34. The average molecular weight is 367 g/mol. The molecule has 0 spiro atoms. The maximum atomic E-state index is 12.6. The Morgan fingerprint density at radius 2 is 1.96 bits per heavy atom. The summed E-state index contributed by atoms with van der Waals surface area (Å²) in [6.07, 6.45) is 5.43. The molecule has 1 fully saturated rings. The topological polar surface area (TPSA) is 71.5 Å². The van der Waals surface area contributed by atoms with Crippen molar-refractivity contribution >= 4 is 11.8 Å². The third kappa shape index (κ3) is 5.06. The molecule has 2 aromatic rings. The molecule has 0 saturated carbocycles. The van der Waals surface area contributed by atoms with E-state index < -0.39 is 0 Å². The van der Waals surface area contributed by atoms with Gasteiger partial charge in [0.25, 0.3) is 11.8 Å². The Balaban J connectivity index is 1.57. The van der Waals surface area contributed by atoms with Gasteiger partial charge in [0.2, 0.25) is 0 Å². The van der Waals surface area contributed by atoms with Crippen LogP contribution in [0, 0.1) is 0 Å². The summed E-state index contributed by atoms with van der Waals surface area (Å²) in [6, 6.07) is 11.0. The van der Waals surface area contributed by atoms with E-state index >= 15 is 0 Å². The number of hydrogen-bond donors (Lipinski definition) is 1. The van der Waals surface area contributed by atoms with E-state index in [0.717, 1.165) is 43.7 Å². The molecule has 0 unspecified atom stereocenters. The highest BCUT2D eigenvalue weighted by Gasteiger charge is 2.20. The van der Waals surface area contributed by atoms with Crippen molar-refractivity contribution in [3.05, 3.63) is 59.4 Å². The molecule has 1 N–H and O–H groups in total. The summed E-state index contributed by atoms with van der Waals surface area (Å²) in [5.41, 5.74) is 1.87. The van der Waals surface area contributed by atoms with Gasteiger partial charge in [0.15, 0.2) is 0 Å². The Bertz CT molecular complexity index is 801. The fraction of sp³-hybridized carbons (Fsp3) is 0.381. The maximum absolute atomic E-state index is 12.6. The molecule has 2 amide bonds. The average Bonchev–Trinajstić information content (AvgIpc) is 2.74. The number of pyridine rings is 1.